The molecular formula is C18H26N4O4. The summed E-state index contributed by atoms with van der Waals surface area (Å²) in [7, 11) is 0. The van der Waals surface area contributed by atoms with E-state index in [1.165, 1.54) is 12.4 Å². The smallest absolute Gasteiger partial charge is 0.428 e. The van der Waals surface area contributed by atoms with Gasteiger partial charge in [0.2, 0.25) is 0 Å². The van der Waals surface area contributed by atoms with E-state index in [2.05, 4.69) is 21.1 Å². The number of hydrogen-bond donors (Lipinski definition) is 2. The zero-order chi connectivity index (χ0) is 19.8. The normalized spacial score (nSPS) is 12.2. The van der Waals surface area contributed by atoms with Crippen LogP contribution in [0.1, 0.15) is 52.7 Å². The molecule has 0 atom stereocenters. The van der Waals surface area contributed by atoms with Crippen LogP contribution in [0.4, 0.5) is 9.59 Å². The van der Waals surface area contributed by atoms with Crippen molar-refractivity contribution < 1.29 is 19.1 Å². The monoisotopic (exact) mass is 362 g/mol. The second-order valence-corrected chi connectivity index (χ2v) is 7.41. The predicted molar refractivity (Wildman–Crippen MR) is 100 cm³/mol. The van der Waals surface area contributed by atoms with Gasteiger partial charge in [0.05, 0.1) is 12.4 Å². The molecule has 1 aromatic rings. The molecule has 0 aliphatic carbocycles. The molecule has 8 heteroatoms. The van der Waals surface area contributed by atoms with Crippen molar-refractivity contribution in [1.82, 2.24) is 10.9 Å². The molecule has 0 aliphatic heterocycles. The highest BCUT2D eigenvalue weighted by atomic mass is 16.6. The summed E-state index contributed by atoms with van der Waals surface area (Å²) in [6.45, 7) is 10.6. The van der Waals surface area contributed by atoms with Gasteiger partial charge < -0.3 is 9.47 Å². The fourth-order valence-electron chi connectivity index (χ4n) is 1.64. The maximum absolute atomic E-state index is 11.5. The molecule has 0 aromatic heterocycles. The Morgan fingerprint density at radius 3 is 1.58 bits per heavy atom. The molecule has 0 spiro atoms. The summed E-state index contributed by atoms with van der Waals surface area (Å²) in [5, 5.41) is 7.66. The summed E-state index contributed by atoms with van der Waals surface area (Å²) in [6.07, 6.45) is 1.69. The number of carbonyl (C=O) groups excluding carboxylic acids is 2. The van der Waals surface area contributed by atoms with Crippen LogP contribution in [0.2, 0.25) is 0 Å². The van der Waals surface area contributed by atoms with E-state index >= 15 is 0 Å². The fraction of sp³-hybridized carbons (Fsp3) is 0.444. The molecule has 26 heavy (non-hydrogen) atoms. The van der Waals surface area contributed by atoms with Crippen molar-refractivity contribution >= 4 is 24.6 Å². The second kappa shape index (κ2) is 8.98. The quantitative estimate of drug-likeness (QED) is 0.633. The zero-order valence-corrected chi connectivity index (χ0v) is 16.0. The van der Waals surface area contributed by atoms with Gasteiger partial charge in [-0.15, -0.1) is 0 Å². The molecule has 2 N–H and O–H groups in total. The van der Waals surface area contributed by atoms with E-state index in [1.54, 1.807) is 65.8 Å². The van der Waals surface area contributed by atoms with Crippen molar-refractivity contribution in [3.05, 3.63) is 35.4 Å². The minimum atomic E-state index is -0.631. The topological polar surface area (TPSA) is 101 Å². The predicted octanol–water partition coefficient (Wildman–Crippen LogP) is 3.40. The van der Waals surface area contributed by atoms with Crippen molar-refractivity contribution in [3.63, 3.8) is 0 Å². The number of rotatable bonds is 4. The van der Waals surface area contributed by atoms with Gasteiger partial charge in [0, 0.05) is 0 Å². The molecule has 0 unspecified atom stereocenters. The minimum Gasteiger partial charge on any atom is -0.443 e. The molecule has 0 saturated heterocycles. The van der Waals surface area contributed by atoms with Crippen molar-refractivity contribution in [2.75, 3.05) is 0 Å². The van der Waals surface area contributed by atoms with Gasteiger partial charge >= 0.3 is 12.2 Å². The van der Waals surface area contributed by atoms with E-state index in [0.29, 0.717) is 0 Å². The van der Waals surface area contributed by atoms with Crippen molar-refractivity contribution in [2.45, 2.75) is 52.7 Å². The average molecular weight is 362 g/mol. The van der Waals surface area contributed by atoms with Gasteiger partial charge in [-0.05, 0) is 58.7 Å². The Bertz CT molecular complexity index is 630. The van der Waals surface area contributed by atoms with Crippen LogP contribution < -0.4 is 10.9 Å². The molecular weight excluding hydrogens is 336 g/mol. The second-order valence-electron chi connectivity index (χ2n) is 7.41. The third kappa shape index (κ3) is 10.1. The number of ether oxygens (including phenoxy) is 2. The van der Waals surface area contributed by atoms with Crippen molar-refractivity contribution in [2.24, 2.45) is 10.2 Å². The molecule has 2 amide bonds. The Labute approximate surface area is 153 Å². The lowest BCUT2D eigenvalue weighted by Gasteiger charge is -2.18. The standard InChI is InChI=1S/C18H26N4O4/c1-17(2,3)25-15(23)21-19-11-13-8-7-9-14(10-13)12-20-22-16(24)26-18(4,5)6/h7-12H,1-6H3,(H,21,23)(H,22,24)/b19-11+,20-12+. The highest BCUT2D eigenvalue weighted by Crippen LogP contribution is 2.07. The van der Waals surface area contributed by atoms with Gasteiger partial charge in [-0.2, -0.15) is 10.2 Å². The van der Waals surface area contributed by atoms with Crippen LogP contribution in [0.25, 0.3) is 0 Å². The lowest BCUT2D eigenvalue weighted by molar-refractivity contribution is 0.0518. The number of nitrogens with one attached hydrogen (secondary N) is 2. The van der Waals surface area contributed by atoms with E-state index in [9.17, 15) is 9.59 Å². The maximum atomic E-state index is 11.5. The number of amides is 2. The molecule has 1 rings (SSSR count). The molecule has 0 radical (unpaired) electrons. The first-order valence-electron chi connectivity index (χ1n) is 8.09. The summed E-state index contributed by atoms with van der Waals surface area (Å²) in [4.78, 5) is 23.0. The van der Waals surface area contributed by atoms with Crippen LogP contribution in [-0.4, -0.2) is 35.8 Å². The van der Waals surface area contributed by atoms with Crippen LogP contribution in [0.3, 0.4) is 0 Å². The Morgan fingerprint density at radius 2 is 1.23 bits per heavy atom. The van der Waals surface area contributed by atoms with Crippen LogP contribution in [0.15, 0.2) is 34.5 Å². The van der Waals surface area contributed by atoms with Crippen molar-refractivity contribution in [1.29, 1.82) is 0 Å². The third-order valence-corrected chi connectivity index (χ3v) is 2.45. The first kappa shape index (κ1) is 21.1. The summed E-state index contributed by atoms with van der Waals surface area (Å²) >= 11 is 0. The lowest BCUT2D eigenvalue weighted by atomic mass is 10.1. The van der Waals surface area contributed by atoms with E-state index in [4.69, 9.17) is 9.47 Å². The number of benzene rings is 1. The van der Waals surface area contributed by atoms with Crippen molar-refractivity contribution in [3.8, 4) is 0 Å². The molecule has 1 aromatic carbocycles. The Hall–Kier alpha value is -2.90. The average Bonchev–Trinajstić information content (AvgIpc) is 2.43. The van der Waals surface area contributed by atoms with Crippen LogP contribution in [0.5, 0.6) is 0 Å². The van der Waals surface area contributed by atoms with E-state index in [1.807, 2.05) is 0 Å². The van der Waals surface area contributed by atoms with Gasteiger partial charge in [0.15, 0.2) is 0 Å². The zero-order valence-electron chi connectivity index (χ0n) is 16.0. The Balaban J connectivity index is 2.57. The summed E-state index contributed by atoms with van der Waals surface area (Å²) in [5.41, 5.74) is 4.88. The third-order valence-electron chi connectivity index (χ3n) is 2.45. The molecule has 0 fully saturated rings. The summed E-state index contributed by atoms with van der Waals surface area (Å²) in [5.74, 6) is 0. The maximum Gasteiger partial charge on any atom is 0.428 e. The van der Waals surface area contributed by atoms with E-state index in [-0.39, 0.29) is 0 Å². The Morgan fingerprint density at radius 1 is 0.846 bits per heavy atom. The molecule has 8 nitrogen and oxygen atoms in total. The van der Waals surface area contributed by atoms with Gasteiger partial charge in [0.25, 0.3) is 0 Å². The first-order chi connectivity index (χ1) is 11.9. The van der Waals surface area contributed by atoms with E-state index in [0.717, 1.165) is 11.1 Å². The minimum absolute atomic E-state index is 0.586. The highest BCUT2D eigenvalue weighted by molar-refractivity contribution is 5.87. The van der Waals surface area contributed by atoms with Crippen LogP contribution in [-0.2, 0) is 9.47 Å². The summed E-state index contributed by atoms with van der Waals surface area (Å²) < 4.78 is 10.1. The first-order valence-corrected chi connectivity index (χ1v) is 8.09. The number of hydrogen-bond acceptors (Lipinski definition) is 6. The number of nitrogens with zero attached hydrogens (tertiary/aromatic N) is 2. The molecule has 0 bridgehead atoms. The lowest BCUT2D eigenvalue weighted by Crippen LogP contribution is -2.29. The highest BCUT2D eigenvalue weighted by Gasteiger charge is 2.16. The molecule has 142 valence electrons. The largest absolute Gasteiger partial charge is 0.443 e. The van der Waals surface area contributed by atoms with Crippen LogP contribution in [0, 0.1) is 0 Å². The Kier molecular flexibility index (Phi) is 7.30. The van der Waals surface area contributed by atoms with Gasteiger partial charge in [-0.3, -0.25) is 0 Å². The van der Waals surface area contributed by atoms with E-state index < -0.39 is 23.4 Å². The van der Waals surface area contributed by atoms with Gasteiger partial charge in [-0.25, -0.2) is 20.4 Å². The fourth-order valence-corrected chi connectivity index (χ4v) is 1.64. The van der Waals surface area contributed by atoms with Gasteiger partial charge in [-0.1, -0.05) is 18.2 Å². The number of hydrazone groups is 2. The number of carbonyl (C=O) groups is 2. The van der Waals surface area contributed by atoms with Gasteiger partial charge in [0.1, 0.15) is 11.2 Å². The molecule has 0 heterocycles. The molecule has 0 saturated carbocycles. The van der Waals surface area contributed by atoms with Crippen LogP contribution >= 0.6 is 0 Å². The summed E-state index contributed by atoms with van der Waals surface area (Å²) in [6, 6.07) is 7.18. The molecule has 0 aliphatic rings. The SMILES string of the molecule is CC(C)(C)OC(=O)N/N=C/c1cccc(/C=N/NC(=O)OC(C)(C)C)c1.